The highest BCUT2D eigenvalue weighted by Gasteiger charge is 2.20. The molecule has 1 unspecified atom stereocenters. The lowest BCUT2D eigenvalue weighted by Gasteiger charge is -2.33. The number of rotatable bonds is 10. The molecular weight excluding hydrogens is 288 g/mol. The van der Waals surface area contributed by atoms with E-state index in [1.807, 2.05) is 12.1 Å². The average molecular weight is 315 g/mol. The van der Waals surface area contributed by atoms with E-state index >= 15 is 0 Å². The Morgan fingerprint density at radius 1 is 1.29 bits per heavy atom. The SMILES string of the molecule is CCNCc1cccc(Cl)c1N(CCOC)C(C)COC. The lowest BCUT2D eigenvalue weighted by Crippen LogP contribution is -2.39. The van der Waals surface area contributed by atoms with Gasteiger partial charge in [-0.2, -0.15) is 0 Å². The van der Waals surface area contributed by atoms with Crippen LogP contribution in [0.25, 0.3) is 0 Å². The third-order valence-electron chi connectivity index (χ3n) is 3.40. The molecule has 0 saturated heterocycles. The van der Waals surface area contributed by atoms with Crippen molar-refractivity contribution in [1.82, 2.24) is 5.32 Å². The maximum Gasteiger partial charge on any atom is 0.0663 e. The van der Waals surface area contributed by atoms with Crippen LogP contribution in [0.3, 0.4) is 0 Å². The molecule has 0 aliphatic carbocycles. The summed E-state index contributed by atoms with van der Waals surface area (Å²) in [6, 6.07) is 6.27. The third kappa shape index (κ3) is 5.47. The van der Waals surface area contributed by atoms with Crippen LogP contribution < -0.4 is 10.2 Å². The molecule has 0 heterocycles. The summed E-state index contributed by atoms with van der Waals surface area (Å²) >= 11 is 6.48. The van der Waals surface area contributed by atoms with E-state index < -0.39 is 0 Å². The van der Waals surface area contributed by atoms with Crippen LogP contribution in [-0.4, -0.2) is 46.6 Å². The molecule has 0 aromatic heterocycles. The second kappa shape index (κ2) is 10.0. The maximum absolute atomic E-state index is 6.48. The van der Waals surface area contributed by atoms with Crippen molar-refractivity contribution in [3.63, 3.8) is 0 Å². The predicted octanol–water partition coefficient (Wildman–Crippen LogP) is 2.94. The molecule has 0 radical (unpaired) electrons. The van der Waals surface area contributed by atoms with Gasteiger partial charge in [-0.25, -0.2) is 0 Å². The molecular formula is C16H27ClN2O2. The predicted molar refractivity (Wildman–Crippen MR) is 89.4 cm³/mol. The Kier molecular flexibility index (Phi) is 8.69. The van der Waals surface area contributed by atoms with Crippen LogP contribution in [0.2, 0.25) is 5.02 Å². The van der Waals surface area contributed by atoms with E-state index in [2.05, 4.69) is 30.1 Å². The summed E-state index contributed by atoms with van der Waals surface area (Å²) < 4.78 is 10.5. The lowest BCUT2D eigenvalue weighted by molar-refractivity contribution is 0.171. The standard InChI is InChI=1S/C16H27ClN2O2/c1-5-18-11-14-7-6-8-15(17)16(14)19(9-10-20-3)13(2)12-21-4/h6-8,13,18H,5,9-12H2,1-4H3. The van der Waals surface area contributed by atoms with Gasteiger partial charge in [0.1, 0.15) is 0 Å². The molecule has 0 saturated carbocycles. The molecule has 0 spiro atoms. The van der Waals surface area contributed by atoms with Gasteiger partial charge < -0.3 is 19.7 Å². The van der Waals surface area contributed by atoms with Crippen molar-refractivity contribution < 1.29 is 9.47 Å². The van der Waals surface area contributed by atoms with Crippen molar-refractivity contribution in [2.45, 2.75) is 26.4 Å². The van der Waals surface area contributed by atoms with E-state index in [1.54, 1.807) is 14.2 Å². The summed E-state index contributed by atoms with van der Waals surface area (Å²) in [6.45, 7) is 8.05. The fourth-order valence-electron chi connectivity index (χ4n) is 2.36. The number of ether oxygens (including phenoxy) is 2. The number of halogens is 1. The van der Waals surface area contributed by atoms with Crippen LogP contribution in [0.5, 0.6) is 0 Å². The monoisotopic (exact) mass is 314 g/mol. The van der Waals surface area contributed by atoms with Gasteiger partial charge in [0.2, 0.25) is 0 Å². The summed E-state index contributed by atoms with van der Waals surface area (Å²) in [5.74, 6) is 0. The smallest absolute Gasteiger partial charge is 0.0663 e. The molecule has 0 aliphatic rings. The summed E-state index contributed by atoms with van der Waals surface area (Å²) in [5.41, 5.74) is 2.27. The number of benzene rings is 1. The molecule has 5 heteroatoms. The number of hydrogen-bond donors (Lipinski definition) is 1. The van der Waals surface area contributed by atoms with E-state index in [9.17, 15) is 0 Å². The minimum Gasteiger partial charge on any atom is -0.383 e. The number of nitrogens with one attached hydrogen (secondary N) is 1. The van der Waals surface area contributed by atoms with Gasteiger partial charge in [-0.1, -0.05) is 30.7 Å². The van der Waals surface area contributed by atoms with E-state index in [0.29, 0.717) is 13.2 Å². The zero-order valence-corrected chi connectivity index (χ0v) is 14.2. The summed E-state index contributed by atoms with van der Waals surface area (Å²) in [7, 11) is 3.43. The molecule has 1 rings (SSSR count). The first-order valence-corrected chi connectivity index (χ1v) is 7.76. The number of methoxy groups -OCH3 is 2. The van der Waals surface area contributed by atoms with Crippen molar-refractivity contribution in [2.24, 2.45) is 0 Å². The number of hydrogen-bond acceptors (Lipinski definition) is 4. The largest absolute Gasteiger partial charge is 0.383 e. The highest BCUT2D eigenvalue weighted by molar-refractivity contribution is 6.33. The molecule has 0 aliphatic heterocycles. The molecule has 4 nitrogen and oxygen atoms in total. The van der Waals surface area contributed by atoms with Gasteiger partial charge in [0.25, 0.3) is 0 Å². The first-order chi connectivity index (χ1) is 10.2. The summed E-state index contributed by atoms with van der Waals surface area (Å²) in [5, 5.41) is 4.13. The zero-order chi connectivity index (χ0) is 15.7. The van der Waals surface area contributed by atoms with Gasteiger partial charge in [-0.3, -0.25) is 0 Å². The fraction of sp³-hybridized carbons (Fsp3) is 0.625. The first-order valence-electron chi connectivity index (χ1n) is 7.38. The van der Waals surface area contributed by atoms with Gasteiger partial charge in [0.05, 0.1) is 23.9 Å². The second-order valence-corrected chi connectivity index (χ2v) is 5.43. The molecule has 1 N–H and O–H groups in total. The molecule has 1 atom stereocenters. The van der Waals surface area contributed by atoms with Crippen LogP contribution in [0, 0.1) is 0 Å². The number of nitrogens with zero attached hydrogens (tertiary/aromatic N) is 1. The molecule has 0 bridgehead atoms. The summed E-state index contributed by atoms with van der Waals surface area (Å²) in [6.07, 6.45) is 0. The molecule has 0 fully saturated rings. The minimum atomic E-state index is 0.227. The molecule has 0 amide bonds. The van der Waals surface area contributed by atoms with Crippen molar-refractivity contribution >= 4 is 17.3 Å². The molecule has 21 heavy (non-hydrogen) atoms. The highest BCUT2D eigenvalue weighted by Crippen LogP contribution is 2.31. The topological polar surface area (TPSA) is 33.7 Å². The Balaban J connectivity index is 3.08. The minimum absolute atomic E-state index is 0.227. The Hall–Kier alpha value is -0.810. The third-order valence-corrected chi connectivity index (χ3v) is 3.70. The van der Waals surface area contributed by atoms with E-state index in [4.69, 9.17) is 21.1 Å². The van der Waals surface area contributed by atoms with Crippen LogP contribution in [-0.2, 0) is 16.0 Å². The van der Waals surface area contributed by atoms with Crippen LogP contribution in [0.1, 0.15) is 19.4 Å². The van der Waals surface area contributed by atoms with E-state index in [0.717, 1.165) is 30.3 Å². The van der Waals surface area contributed by atoms with Crippen LogP contribution in [0.15, 0.2) is 18.2 Å². The normalized spacial score (nSPS) is 12.4. The Morgan fingerprint density at radius 3 is 2.67 bits per heavy atom. The van der Waals surface area contributed by atoms with Crippen LogP contribution >= 0.6 is 11.6 Å². The van der Waals surface area contributed by atoms with Crippen LogP contribution in [0.4, 0.5) is 5.69 Å². The van der Waals surface area contributed by atoms with E-state index in [1.165, 1.54) is 5.56 Å². The van der Waals surface area contributed by atoms with Crippen molar-refractivity contribution in [2.75, 3.05) is 45.4 Å². The Bertz CT molecular complexity index is 415. The molecule has 120 valence electrons. The fourth-order valence-corrected chi connectivity index (χ4v) is 2.66. The molecule has 1 aromatic rings. The second-order valence-electron chi connectivity index (χ2n) is 5.02. The zero-order valence-electron chi connectivity index (χ0n) is 13.5. The van der Waals surface area contributed by atoms with Gasteiger partial charge in [0, 0.05) is 33.4 Å². The van der Waals surface area contributed by atoms with Crippen molar-refractivity contribution in [1.29, 1.82) is 0 Å². The van der Waals surface area contributed by atoms with Gasteiger partial charge in [0.15, 0.2) is 0 Å². The number of anilines is 1. The Morgan fingerprint density at radius 2 is 2.05 bits per heavy atom. The summed E-state index contributed by atoms with van der Waals surface area (Å²) in [4.78, 5) is 2.27. The number of para-hydroxylation sites is 1. The van der Waals surface area contributed by atoms with Crippen molar-refractivity contribution in [3.05, 3.63) is 28.8 Å². The van der Waals surface area contributed by atoms with Gasteiger partial charge in [-0.15, -0.1) is 0 Å². The Labute approximate surface area is 133 Å². The molecule has 1 aromatic carbocycles. The van der Waals surface area contributed by atoms with Crippen molar-refractivity contribution in [3.8, 4) is 0 Å². The quantitative estimate of drug-likeness (QED) is 0.720. The average Bonchev–Trinajstić information content (AvgIpc) is 2.47. The van der Waals surface area contributed by atoms with Gasteiger partial charge in [-0.05, 0) is 25.1 Å². The maximum atomic E-state index is 6.48. The lowest BCUT2D eigenvalue weighted by atomic mass is 10.1. The first kappa shape index (κ1) is 18.2. The van der Waals surface area contributed by atoms with E-state index in [-0.39, 0.29) is 6.04 Å². The highest BCUT2D eigenvalue weighted by atomic mass is 35.5. The van der Waals surface area contributed by atoms with Gasteiger partial charge >= 0.3 is 0 Å².